The van der Waals surface area contributed by atoms with Gasteiger partial charge in [-0.2, -0.15) is 10.5 Å². The van der Waals surface area contributed by atoms with Gasteiger partial charge in [0.25, 0.3) is 0 Å². The molecule has 0 unspecified atom stereocenters. The number of carbonyl (C=O) groups is 1. The van der Waals surface area contributed by atoms with Crippen LogP contribution in [0.3, 0.4) is 0 Å². The number of ether oxygens (including phenoxy) is 1. The summed E-state index contributed by atoms with van der Waals surface area (Å²) >= 11 is 0. The van der Waals surface area contributed by atoms with Gasteiger partial charge in [-0.3, -0.25) is 0 Å². The van der Waals surface area contributed by atoms with Crippen LogP contribution in [0.1, 0.15) is 21.5 Å². The Morgan fingerprint density at radius 2 is 1.67 bits per heavy atom. The maximum absolute atomic E-state index is 11.4. The number of benzene rings is 2. The Labute approximate surface area is 104 Å². The van der Waals surface area contributed by atoms with Gasteiger partial charge in [-0.05, 0) is 35.0 Å². The number of carbonyl (C=O) groups excluding carboxylic acids is 1. The largest absolute Gasteiger partial charge is 0.465 e. The van der Waals surface area contributed by atoms with Crippen molar-refractivity contribution in [3.63, 3.8) is 0 Å². The molecule has 4 heteroatoms. The third-order valence-corrected chi connectivity index (χ3v) is 2.64. The lowest BCUT2D eigenvalue weighted by molar-refractivity contribution is 0.0601. The topological polar surface area (TPSA) is 73.9 Å². The van der Waals surface area contributed by atoms with Crippen molar-refractivity contribution in [1.82, 2.24) is 0 Å². The molecular formula is C14H8N2O2. The van der Waals surface area contributed by atoms with Crippen LogP contribution < -0.4 is 0 Å². The van der Waals surface area contributed by atoms with Crippen molar-refractivity contribution in [2.45, 2.75) is 0 Å². The standard InChI is InChI=1S/C14H8N2O2/c1-18-14(17)10-3-2-9-4-12(7-15)13(8-16)6-11(9)5-10/h2-6H,1H3. The SMILES string of the molecule is COC(=O)c1ccc2cc(C#N)c(C#N)cc2c1. The van der Waals surface area contributed by atoms with Crippen molar-refractivity contribution in [3.8, 4) is 12.1 Å². The fourth-order valence-corrected chi connectivity index (χ4v) is 1.73. The van der Waals surface area contributed by atoms with Gasteiger partial charge in [0.05, 0.1) is 23.8 Å². The summed E-state index contributed by atoms with van der Waals surface area (Å²) in [6.07, 6.45) is 0. The zero-order valence-corrected chi connectivity index (χ0v) is 9.60. The van der Waals surface area contributed by atoms with Crippen molar-refractivity contribution in [1.29, 1.82) is 10.5 Å². The summed E-state index contributed by atoms with van der Waals surface area (Å²) in [6, 6.07) is 12.2. The van der Waals surface area contributed by atoms with E-state index in [1.54, 1.807) is 30.3 Å². The van der Waals surface area contributed by atoms with Gasteiger partial charge in [-0.1, -0.05) is 6.07 Å². The number of nitrogens with zero attached hydrogens (tertiary/aromatic N) is 2. The Bertz CT molecular complexity index is 721. The molecule has 0 N–H and O–H groups in total. The maximum atomic E-state index is 11.4. The van der Waals surface area contributed by atoms with Gasteiger partial charge < -0.3 is 4.74 Å². The number of hydrogen-bond donors (Lipinski definition) is 0. The molecule has 2 aromatic carbocycles. The lowest BCUT2D eigenvalue weighted by Gasteiger charge is -2.03. The number of fused-ring (bicyclic) bond motifs is 1. The highest BCUT2D eigenvalue weighted by Crippen LogP contribution is 2.21. The van der Waals surface area contributed by atoms with Gasteiger partial charge >= 0.3 is 5.97 Å². The molecule has 0 heterocycles. The summed E-state index contributed by atoms with van der Waals surface area (Å²) in [4.78, 5) is 11.4. The van der Waals surface area contributed by atoms with Crippen molar-refractivity contribution in [2.75, 3.05) is 7.11 Å². The minimum absolute atomic E-state index is 0.298. The first kappa shape index (κ1) is 11.6. The number of hydrogen-bond acceptors (Lipinski definition) is 4. The molecule has 0 amide bonds. The molecule has 86 valence electrons. The first-order valence-electron chi connectivity index (χ1n) is 5.16. The predicted molar refractivity (Wildman–Crippen MR) is 64.7 cm³/mol. The summed E-state index contributed by atoms with van der Waals surface area (Å²) in [5.41, 5.74) is 1.04. The van der Waals surface area contributed by atoms with E-state index in [1.807, 2.05) is 12.1 Å². The van der Waals surface area contributed by atoms with E-state index in [-0.39, 0.29) is 0 Å². The molecule has 2 rings (SSSR count). The quantitative estimate of drug-likeness (QED) is 0.712. The smallest absolute Gasteiger partial charge is 0.337 e. The summed E-state index contributed by atoms with van der Waals surface area (Å²) < 4.78 is 4.63. The molecular weight excluding hydrogens is 228 g/mol. The van der Waals surface area contributed by atoms with E-state index in [0.717, 1.165) is 10.8 Å². The van der Waals surface area contributed by atoms with E-state index in [1.165, 1.54) is 7.11 Å². The number of nitriles is 2. The first-order chi connectivity index (χ1) is 8.69. The van der Waals surface area contributed by atoms with Crippen molar-refractivity contribution >= 4 is 16.7 Å². The third kappa shape index (κ3) is 1.88. The second-order valence-corrected chi connectivity index (χ2v) is 3.67. The highest BCUT2D eigenvalue weighted by atomic mass is 16.5. The molecule has 0 saturated heterocycles. The molecule has 0 spiro atoms. The Balaban J connectivity index is 2.69. The number of rotatable bonds is 1. The van der Waals surface area contributed by atoms with E-state index < -0.39 is 5.97 Å². The monoisotopic (exact) mass is 236 g/mol. The average Bonchev–Trinajstić information content (AvgIpc) is 2.44. The molecule has 0 radical (unpaired) electrons. The fraction of sp³-hybridized carbons (Fsp3) is 0.0714. The van der Waals surface area contributed by atoms with Gasteiger partial charge in [-0.15, -0.1) is 0 Å². The highest BCUT2D eigenvalue weighted by Gasteiger charge is 2.08. The molecule has 0 bridgehead atoms. The van der Waals surface area contributed by atoms with Crippen LogP contribution in [0.4, 0.5) is 0 Å². The van der Waals surface area contributed by atoms with E-state index in [4.69, 9.17) is 10.5 Å². The van der Waals surface area contributed by atoms with Crippen LogP contribution in [0.15, 0.2) is 30.3 Å². The zero-order valence-electron chi connectivity index (χ0n) is 9.60. The van der Waals surface area contributed by atoms with Crippen LogP contribution in [0, 0.1) is 22.7 Å². The summed E-state index contributed by atoms with van der Waals surface area (Å²) in [5.74, 6) is -0.431. The minimum atomic E-state index is -0.431. The van der Waals surface area contributed by atoms with Crippen LogP contribution >= 0.6 is 0 Å². The van der Waals surface area contributed by atoms with E-state index in [2.05, 4.69) is 4.74 Å². The molecule has 2 aromatic rings. The average molecular weight is 236 g/mol. The van der Waals surface area contributed by atoms with Crippen molar-refractivity contribution in [2.24, 2.45) is 0 Å². The van der Waals surface area contributed by atoms with Crippen molar-refractivity contribution < 1.29 is 9.53 Å². The predicted octanol–water partition coefficient (Wildman–Crippen LogP) is 2.37. The lowest BCUT2D eigenvalue weighted by atomic mass is 10.0. The Morgan fingerprint density at radius 1 is 1.06 bits per heavy atom. The van der Waals surface area contributed by atoms with Gasteiger partial charge in [0.1, 0.15) is 12.1 Å². The molecule has 0 aromatic heterocycles. The molecule has 0 atom stereocenters. The van der Waals surface area contributed by atoms with Gasteiger partial charge in [0, 0.05) is 0 Å². The van der Waals surface area contributed by atoms with Crippen LogP contribution in [0.2, 0.25) is 0 Å². The van der Waals surface area contributed by atoms with Gasteiger partial charge in [0.2, 0.25) is 0 Å². The molecule has 18 heavy (non-hydrogen) atoms. The second-order valence-electron chi connectivity index (χ2n) is 3.67. The molecule has 0 aliphatic heterocycles. The number of esters is 1. The van der Waals surface area contributed by atoms with Crippen LogP contribution in [0.25, 0.3) is 10.8 Å². The van der Waals surface area contributed by atoms with E-state index in [0.29, 0.717) is 16.7 Å². The van der Waals surface area contributed by atoms with Gasteiger partial charge in [-0.25, -0.2) is 4.79 Å². The summed E-state index contributed by atoms with van der Waals surface area (Å²) in [7, 11) is 1.31. The second kappa shape index (κ2) is 4.57. The van der Waals surface area contributed by atoms with Crippen LogP contribution in [-0.2, 0) is 4.74 Å². The molecule has 0 saturated carbocycles. The van der Waals surface area contributed by atoms with Crippen LogP contribution in [0.5, 0.6) is 0 Å². The normalized spacial score (nSPS) is 9.50. The summed E-state index contributed by atoms with van der Waals surface area (Å²) in [6.45, 7) is 0. The summed E-state index contributed by atoms with van der Waals surface area (Å²) in [5, 5.41) is 19.4. The Kier molecular flexibility index (Phi) is 2.95. The third-order valence-electron chi connectivity index (χ3n) is 2.64. The molecule has 0 aliphatic carbocycles. The van der Waals surface area contributed by atoms with E-state index >= 15 is 0 Å². The molecule has 0 aliphatic rings. The zero-order chi connectivity index (χ0) is 13.1. The van der Waals surface area contributed by atoms with E-state index in [9.17, 15) is 4.79 Å². The molecule has 4 nitrogen and oxygen atoms in total. The Hall–Kier alpha value is -2.85. The lowest BCUT2D eigenvalue weighted by Crippen LogP contribution is -2.00. The maximum Gasteiger partial charge on any atom is 0.337 e. The first-order valence-corrected chi connectivity index (χ1v) is 5.16. The van der Waals surface area contributed by atoms with Crippen LogP contribution in [-0.4, -0.2) is 13.1 Å². The highest BCUT2D eigenvalue weighted by molar-refractivity contribution is 5.96. The Morgan fingerprint density at radius 3 is 2.22 bits per heavy atom. The van der Waals surface area contributed by atoms with Crippen molar-refractivity contribution in [3.05, 3.63) is 47.0 Å². The minimum Gasteiger partial charge on any atom is -0.465 e. The molecule has 0 fully saturated rings. The van der Waals surface area contributed by atoms with Gasteiger partial charge in [0.15, 0.2) is 0 Å². The fourth-order valence-electron chi connectivity index (χ4n) is 1.73. The number of methoxy groups -OCH3 is 1.